The van der Waals surface area contributed by atoms with Crippen LogP contribution in [0.1, 0.15) is 59.3 Å². The van der Waals surface area contributed by atoms with Crippen LogP contribution in [0, 0.1) is 13.8 Å². The van der Waals surface area contributed by atoms with E-state index in [0.717, 1.165) is 56.7 Å². The SMILES string of the molecule is CCCN(CC)Cc1cc(C)cc(C(=O)NCCCNCc2cccc(C)c2)c1. The largest absolute Gasteiger partial charge is 0.352 e. The van der Waals surface area contributed by atoms with Gasteiger partial charge in [0.25, 0.3) is 5.91 Å². The first-order valence-electron chi connectivity index (χ1n) is 10.9. The standard InChI is InChI=1S/C25H37N3O/c1-5-13-28(6-2)19-23-15-21(4)16-24(17-23)25(29)27-12-8-11-26-18-22-10-7-9-20(3)14-22/h7,9-10,14-17,26H,5-6,8,11-13,18-19H2,1-4H3,(H,27,29). The summed E-state index contributed by atoms with van der Waals surface area (Å²) in [7, 11) is 0. The fourth-order valence-electron chi connectivity index (χ4n) is 3.58. The van der Waals surface area contributed by atoms with Gasteiger partial charge in [0.1, 0.15) is 0 Å². The van der Waals surface area contributed by atoms with Crippen molar-refractivity contribution in [2.24, 2.45) is 0 Å². The third-order valence-electron chi connectivity index (χ3n) is 5.02. The molecule has 0 aliphatic carbocycles. The van der Waals surface area contributed by atoms with Crippen molar-refractivity contribution in [3.8, 4) is 0 Å². The minimum Gasteiger partial charge on any atom is -0.352 e. The highest BCUT2D eigenvalue weighted by Crippen LogP contribution is 2.13. The van der Waals surface area contributed by atoms with Crippen LogP contribution in [-0.4, -0.2) is 37.0 Å². The van der Waals surface area contributed by atoms with E-state index < -0.39 is 0 Å². The lowest BCUT2D eigenvalue weighted by Gasteiger charge is -2.20. The summed E-state index contributed by atoms with van der Waals surface area (Å²) in [5.74, 6) is 0.0205. The van der Waals surface area contributed by atoms with Crippen molar-refractivity contribution >= 4 is 5.91 Å². The normalized spacial score (nSPS) is 11.1. The van der Waals surface area contributed by atoms with Crippen LogP contribution in [0.4, 0.5) is 0 Å². The van der Waals surface area contributed by atoms with Gasteiger partial charge in [0, 0.05) is 25.2 Å². The zero-order valence-corrected chi connectivity index (χ0v) is 18.6. The number of hydrogen-bond acceptors (Lipinski definition) is 3. The van der Waals surface area contributed by atoms with Crippen LogP contribution in [-0.2, 0) is 13.1 Å². The highest BCUT2D eigenvalue weighted by molar-refractivity contribution is 5.94. The van der Waals surface area contributed by atoms with Crippen molar-refractivity contribution in [3.63, 3.8) is 0 Å². The van der Waals surface area contributed by atoms with E-state index >= 15 is 0 Å². The molecule has 2 N–H and O–H groups in total. The lowest BCUT2D eigenvalue weighted by atomic mass is 10.1. The van der Waals surface area contributed by atoms with Gasteiger partial charge >= 0.3 is 0 Å². The number of aryl methyl sites for hydroxylation is 2. The number of carbonyl (C=O) groups excluding carboxylic acids is 1. The minimum absolute atomic E-state index is 0.0205. The number of nitrogens with one attached hydrogen (secondary N) is 2. The molecule has 0 unspecified atom stereocenters. The highest BCUT2D eigenvalue weighted by Gasteiger charge is 2.09. The van der Waals surface area contributed by atoms with Crippen LogP contribution in [0.25, 0.3) is 0 Å². The van der Waals surface area contributed by atoms with Crippen LogP contribution in [0.5, 0.6) is 0 Å². The maximum Gasteiger partial charge on any atom is 0.251 e. The van der Waals surface area contributed by atoms with E-state index in [0.29, 0.717) is 6.54 Å². The summed E-state index contributed by atoms with van der Waals surface area (Å²) in [6.45, 7) is 14.0. The minimum atomic E-state index is 0.0205. The van der Waals surface area contributed by atoms with Crippen LogP contribution in [0.15, 0.2) is 42.5 Å². The number of amides is 1. The topological polar surface area (TPSA) is 44.4 Å². The Hall–Kier alpha value is -2.17. The second-order valence-electron chi connectivity index (χ2n) is 7.85. The second-order valence-corrected chi connectivity index (χ2v) is 7.85. The van der Waals surface area contributed by atoms with Crippen molar-refractivity contribution in [2.45, 2.75) is 53.6 Å². The Morgan fingerprint density at radius 1 is 0.966 bits per heavy atom. The summed E-state index contributed by atoms with van der Waals surface area (Å²) >= 11 is 0. The fraction of sp³-hybridized carbons (Fsp3) is 0.480. The molecule has 158 valence electrons. The summed E-state index contributed by atoms with van der Waals surface area (Å²) in [6.07, 6.45) is 2.06. The zero-order chi connectivity index (χ0) is 21.1. The Morgan fingerprint density at radius 2 is 1.76 bits per heavy atom. The highest BCUT2D eigenvalue weighted by atomic mass is 16.1. The molecule has 4 heteroatoms. The van der Waals surface area contributed by atoms with Gasteiger partial charge in [0.15, 0.2) is 0 Å². The summed E-state index contributed by atoms with van der Waals surface area (Å²) in [4.78, 5) is 15.0. The number of hydrogen-bond donors (Lipinski definition) is 2. The van der Waals surface area contributed by atoms with Gasteiger partial charge < -0.3 is 10.6 Å². The summed E-state index contributed by atoms with van der Waals surface area (Å²) < 4.78 is 0. The fourth-order valence-corrected chi connectivity index (χ4v) is 3.58. The van der Waals surface area contributed by atoms with Crippen LogP contribution in [0.3, 0.4) is 0 Å². The van der Waals surface area contributed by atoms with Crippen LogP contribution >= 0.6 is 0 Å². The van der Waals surface area contributed by atoms with Crippen molar-refractivity contribution < 1.29 is 4.79 Å². The third kappa shape index (κ3) is 8.38. The Bertz CT molecular complexity index is 772. The molecule has 0 aliphatic rings. The number of nitrogens with zero attached hydrogens (tertiary/aromatic N) is 1. The Kier molecular flexibility index (Phi) is 9.89. The molecule has 2 aromatic rings. The Morgan fingerprint density at radius 3 is 2.48 bits per heavy atom. The smallest absolute Gasteiger partial charge is 0.251 e. The average molecular weight is 396 g/mol. The lowest BCUT2D eigenvalue weighted by Crippen LogP contribution is -2.28. The van der Waals surface area contributed by atoms with Gasteiger partial charge in [-0.15, -0.1) is 0 Å². The maximum atomic E-state index is 12.6. The Labute approximate surface area is 176 Å². The van der Waals surface area contributed by atoms with Gasteiger partial charge in [0.05, 0.1) is 0 Å². The molecule has 4 nitrogen and oxygen atoms in total. The molecule has 1 amide bonds. The summed E-state index contributed by atoms with van der Waals surface area (Å²) in [5, 5.41) is 6.50. The first-order chi connectivity index (χ1) is 14.0. The first-order valence-corrected chi connectivity index (χ1v) is 10.9. The zero-order valence-electron chi connectivity index (χ0n) is 18.6. The van der Waals surface area contributed by atoms with E-state index in [1.54, 1.807) is 0 Å². The van der Waals surface area contributed by atoms with Gasteiger partial charge in [-0.2, -0.15) is 0 Å². The van der Waals surface area contributed by atoms with E-state index in [-0.39, 0.29) is 5.91 Å². The average Bonchev–Trinajstić information content (AvgIpc) is 2.69. The lowest BCUT2D eigenvalue weighted by molar-refractivity contribution is 0.0953. The van der Waals surface area contributed by atoms with Crippen molar-refractivity contribution in [2.75, 3.05) is 26.2 Å². The van der Waals surface area contributed by atoms with Gasteiger partial charge in [-0.25, -0.2) is 0 Å². The van der Waals surface area contributed by atoms with Gasteiger partial charge in [0.2, 0.25) is 0 Å². The molecule has 0 atom stereocenters. The monoisotopic (exact) mass is 395 g/mol. The molecule has 0 radical (unpaired) electrons. The molecule has 2 rings (SSSR count). The molecule has 0 aliphatic heterocycles. The summed E-state index contributed by atoms with van der Waals surface area (Å²) in [6, 6.07) is 14.7. The predicted molar refractivity (Wildman–Crippen MR) is 122 cm³/mol. The van der Waals surface area contributed by atoms with E-state index in [4.69, 9.17) is 0 Å². The van der Waals surface area contributed by atoms with E-state index in [1.807, 2.05) is 12.1 Å². The van der Waals surface area contributed by atoms with E-state index in [9.17, 15) is 4.79 Å². The maximum absolute atomic E-state index is 12.6. The van der Waals surface area contributed by atoms with Gasteiger partial charge in [-0.3, -0.25) is 9.69 Å². The third-order valence-corrected chi connectivity index (χ3v) is 5.02. The van der Waals surface area contributed by atoms with Crippen molar-refractivity contribution in [1.29, 1.82) is 0 Å². The molecular weight excluding hydrogens is 358 g/mol. The molecule has 0 fully saturated rings. The molecule has 29 heavy (non-hydrogen) atoms. The van der Waals surface area contributed by atoms with E-state index in [2.05, 4.69) is 73.6 Å². The number of benzene rings is 2. The number of rotatable bonds is 12. The Balaban J connectivity index is 1.76. The van der Waals surface area contributed by atoms with Crippen LogP contribution < -0.4 is 10.6 Å². The predicted octanol–water partition coefficient (Wildman–Crippen LogP) is 4.45. The van der Waals surface area contributed by atoms with Crippen molar-refractivity contribution in [1.82, 2.24) is 15.5 Å². The number of carbonyl (C=O) groups is 1. The summed E-state index contributed by atoms with van der Waals surface area (Å²) in [5.41, 5.74) is 5.70. The molecule has 0 spiro atoms. The molecule has 2 aromatic carbocycles. The molecular formula is C25H37N3O. The van der Waals surface area contributed by atoms with Crippen molar-refractivity contribution in [3.05, 3.63) is 70.3 Å². The molecule has 0 heterocycles. The first kappa shape index (κ1) is 23.1. The van der Waals surface area contributed by atoms with Gasteiger partial charge in [-0.05, 0) is 69.6 Å². The van der Waals surface area contributed by atoms with E-state index in [1.165, 1.54) is 16.7 Å². The molecule has 0 aromatic heterocycles. The van der Waals surface area contributed by atoms with Gasteiger partial charge in [-0.1, -0.05) is 55.3 Å². The van der Waals surface area contributed by atoms with Crippen LogP contribution in [0.2, 0.25) is 0 Å². The second kappa shape index (κ2) is 12.4. The molecule has 0 bridgehead atoms. The molecule has 0 saturated heterocycles. The molecule has 0 saturated carbocycles. The quantitative estimate of drug-likeness (QED) is 0.522.